The molecule has 2 atom stereocenters. The van der Waals surface area contributed by atoms with Crippen molar-refractivity contribution < 1.29 is 0 Å². The average Bonchev–Trinajstić information content (AvgIpc) is 3.35. The molecule has 50 heavy (non-hydrogen) atoms. The van der Waals surface area contributed by atoms with E-state index in [1.165, 1.54) is 38.8 Å². The van der Waals surface area contributed by atoms with E-state index in [2.05, 4.69) is 145 Å². The molecule has 1 aliphatic carbocycles. The highest BCUT2D eigenvalue weighted by Crippen LogP contribution is 2.61. The normalized spacial score (nSPS) is 18.0. The molecule has 2 unspecified atom stereocenters. The van der Waals surface area contributed by atoms with Crippen LogP contribution in [0.1, 0.15) is 94.2 Å². The molecule has 7 rings (SSSR count). The van der Waals surface area contributed by atoms with E-state index in [9.17, 15) is 5.26 Å². The highest BCUT2D eigenvalue weighted by atomic mass is 15.1. The number of nitrogens with two attached hydrogens (primary N) is 1. The molecule has 0 saturated carbocycles. The highest BCUT2D eigenvalue weighted by Gasteiger charge is 2.56. The van der Waals surface area contributed by atoms with Crippen LogP contribution in [0.15, 0.2) is 120 Å². The molecule has 5 aromatic rings. The molecule has 2 aliphatic rings. The van der Waals surface area contributed by atoms with Crippen molar-refractivity contribution in [1.29, 1.82) is 5.26 Å². The van der Waals surface area contributed by atoms with Crippen molar-refractivity contribution in [3.05, 3.63) is 149 Å². The van der Waals surface area contributed by atoms with E-state index in [0.717, 1.165) is 28.7 Å². The molecular weight excluding hydrogens is 607 g/mol. The molecule has 4 nitrogen and oxygen atoms in total. The van der Waals surface area contributed by atoms with Crippen molar-refractivity contribution in [3.8, 4) is 28.3 Å². The minimum Gasteiger partial charge on any atom is -0.312 e. The smallest absolute Gasteiger partial charge is 0.182 e. The number of nitrogens with zero attached hydrogens (tertiary/aromatic N) is 2. The number of rotatable bonds is 8. The molecule has 0 spiro atoms. The Morgan fingerprint density at radius 3 is 2.04 bits per heavy atom. The van der Waals surface area contributed by atoms with Gasteiger partial charge >= 0.3 is 0 Å². The summed E-state index contributed by atoms with van der Waals surface area (Å²) in [7, 11) is 0. The number of nitrogens with one attached hydrogen (secondary N) is 1. The maximum atomic E-state index is 9.65. The van der Waals surface area contributed by atoms with Gasteiger partial charge in [0.05, 0.1) is 17.8 Å². The first-order valence-corrected chi connectivity index (χ1v) is 17.8. The number of nitriles is 1. The third-order valence-electron chi connectivity index (χ3n) is 12.2. The van der Waals surface area contributed by atoms with E-state index in [0.29, 0.717) is 12.3 Å². The zero-order valence-electron chi connectivity index (χ0n) is 30.4. The quantitative estimate of drug-likeness (QED) is 0.0994. The van der Waals surface area contributed by atoms with Gasteiger partial charge in [-0.3, -0.25) is 10.3 Å². The van der Waals surface area contributed by atoms with Crippen molar-refractivity contribution in [3.63, 3.8) is 0 Å². The molecule has 5 heteroatoms. The number of fused-ring (bicyclic) bond motifs is 3. The molecule has 3 N–H and O–H groups in total. The second kappa shape index (κ2) is 12.5. The zero-order valence-corrected chi connectivity index (χ0v) is 30.4. The molecule has 1 aliphatic heterocycles. The van der Waals surface area contributed by atoms with Crippen molar-refractivity contribution in [2.75, 3.05) is 0 Å². The predicted molar refractivity (Wildman–Crippen MR) is 210 cm³/mol. The van der Waals surface area contributed by atoms with Crippen LogP contribution >= 0.6 is 0 Å². The molecule has 0 aromatic heterocycles. The van der Waals surface area contributed by atoms with Crippen LogP contribution in [0.3, 0.4) is 0 Å². The Hall–Kier alpha value is -4.76. The number of hydrogen-bond acceptors (Lipinski definition) is 4. The number of benzene rings is 5. The lowest BCUT2D eigenvalue weighted by atomic mass is 9.13. The lowest BCUT2D eigenvalue weighted by molar-refractivity contribution is 0.242. The number of hydrogen-bond donors (Lipinski definition) is 2. The fourth-order valence-corrected chi connectivity index (χ4v) is 8.17. The minimum absolute atomic E-state index is 0.134. The fourth-order valence-electron chi connectivity index (χ4n) is 8.17. The zero-order chi connectivity index (χ0) is 35.4. The molecule has 0 radical (unpaired) electrons. The SMILES string of the molecule is CC(=NC(NC(N)c1ccccc1)c1cc(B2CC(C)(C)C2(C)C)cc(-c2ccc3c(c2)C(C)(C)c2cc(C#N)ccc2-3)c1)c1ccccc1. The van der Waals surface area contributed by atoms with Gasteiger partial charge in [0, 0.05) is 11.1 Å². The van der Waals surface area contributed by atoms with Gasteiger partial charge in [0.25, 0.3) is 0 Å². The maximum absolute atomic E-state index is 9.65. The van der Waals surface area contributed by atoms with Crippen LogP contribution in [-0.2, 0) is 5.41 Å². The van der Waals surface area contributed by atoms with E-state index in [1.807, 2.05) is 30.3 Å². The largest absolute Gasteiger partial charge is 0.312 e. The number of aliphatic imine (C=N–C) groups is 1. The summed E-state index contributed by atoms with van der Waals surface area (Å²) in [6.45, 7) is 16.7. The van der Waals surface area contributed by atoms with E-state index in [-0.39, 0.29) is 22.3 Å². The Kier molecular flexibility index (Phi) is 8.46. The second-order valence-corrected chi connectivity index (χ2v) is 16.0. The lowest BCUT2D eigenvalue weighted by Gasteiger charge is -2.58. The van der Waals surface area contributed by atoms with E-state index >= 15 is 0 Å². The van der Waals surface area contributed by atoms with Gasteiger partial charge in [0.15, 0.2) is 6.71 Å². The topological polar surface area (TPSA) is 74.2 Å². The van der Waals surface area contributed by atoms with Gasteiger partial charge in [0.1, 0.15) is 6.17 Å². The first kappa shape index (κ1) is 33.7. The van der Waals surface area contributed by atoms with Crippen LogP contribution < -0.4 is 16.5 Å². The van der Waals surface area contributed by atoms with Gasteiger partial charge in [-0.15, -0.1) is 0 Å². The summed E-state index contributed by atoms with van der Waals surface area (Å²) >= 11 is 0. The molecule has 0 bridgehead atoms. The third kappa shape index (κ3) is 5.81. The summed E-state index contributed by atoms with van der Waals surface area (Å²) in [6, 6.07) is 43.0. The third-order valence-corrected chi connectivity index (χ3v) is 12.2. The maximum Gasteiger partial charge on any atom is 0.182 e. The summed E-state index contributed by atoms with van der Waals surface area (Å²) in [4.78, 5) is 5.35. The first-order chi connectivity index (χ1) is 23.8. The van der Waals surface area contributed by atoms with Crippen LogP contribution in [-0.4, -0.2) is 12.4 Å². The van der Waals surface area contributed by atoms with Crippen molar-refractivity contribution >= 4 is 17.9 Å². The van der Waals surface area contributed by atoms with Gasteiger partial charge in [-0.05, 0) is 92.0 Å². The predicted octanol–water partition coefficient (Wildman–Crippen LogP) is 9.81. The molecule has 0 amide bonds. The Bertz CT molecular complexity index is 2140. The van der Waals surface area contributed by atoms with Crippen LogP contribution in [0.4, 0.5) is 0 Å². The monoisotopic (exact) mass is 654 g/mol. The molecule has 5 aromatic carbocycles. The standard InChI is InChI=1S/C45H47BN4/c1-29(31-14-10-8-11-15-31)49-42(50-41(48)32-16-12-9-13-17-32)35-23-34(24-36(25-35)46-28-43(2,3)45(46,6)7)33-19-21-38-37-20-18-30(27-47)22-39(37)44(4,5)40(38)26-33/h8-26,41-42,50H,28,48H2,1-7H3. The molecule has 1 fully saturated rings. The molecule has 1 saturated heterocycles. The van der Waals surface area contributed by atoms with Crippen LogP contribution in [0.25, 0.3) is 22.3 Å². The van der Waals surface area contributed by atoms with Crippen LogP contribution in [0.2, 0.25) is 11.6 Å². The van der Waals surface area contributed by atoms with Gasteiger partial charge in [-0.1, -0.05) is 144 Å². The second-order valence-electron chi connectivity index (χ2n) is 16.0. The van der Waals surface area contributed by atoms with Crippen LogP contribution in [0.5, 0.6) is 0 Å². The van der Waals surface area contributed by atoms with Crippen molar-refractivity contribution in [1.82, 2.24) is 5.32 Å². The Morgan fingerprint density at radius 2 is 1.40 bits per heavy atom. The summed E-state index contributed by atoms with van der Waals surface area (Å²) in [6.07, 6.45) is 0.349. The molecule has 250 valence electrons. The highest BCUT2D eigenvalue weighted by molar-refractivity contribution is 6.79. The van der Waals surface area contributed by atoms with Gasteiger partial charge < -0.3 is 5.73 Å². The summed E-state index contributed by atoms with van der Waals surface area (Å²) in [5, 5.41) is 13.5. The molecular formula is C45H47BN4. The van der Waals surface area contributed by atoms with E-state index < -0.39 is 6.17 Å². The average molecular weight is 655 g/mol. The Balaban J connectivity index is 1.37. The summed E-state index contributed by atoms with van der Waals surface area (Å²) in [5.74, 6) is 0. The molecule has 1 heterocycles. The summed E-state index contributed by atoms with van der Waals surface area (Å²) in [5.41, 5.74) is 20.4. The van der Waals surface area contributed by atoms with E-state index in [1.54, 1.807) is 0 Å². The van der Waals surface area contributed by atoms with Gasteiger partial charge in [0.2, 0.25) is 0 Å². The summed E-state index contributed by atoms with van der Waals surface area (Å²) < 4.78 is 0. The van der Waals surface area contributed by atoms with E-state index in [4.69, 9.17) is 10.7 Å². The minimum atomic E-state index is -0.405. The van der Waals surface area contributed by atoms with Gasteiger partial charge in [-0.2, -0.15) is 5.26 Å². The van der Waals surface area contributed by atoms with Crippen molar-refractivity contribution in [2.24, 2.45) is 16.1 Å². The lowest BCUT2D eigenvalue weighted by Crippen LogP contribution is -2.59. The fraction of sp³-hybridized carbons (Fsp3) is 0.289. The van der Waals surface area contributed by atoms with Crippen molar-refractivity contribution in [2.45, 2.75) is 77.8 Å². The van der Waals surface area contributed by atoms with Gasteiger partial charge in [-0.25, -0.2) is 0 Å². The first-order valence-electron chi connectivity index (χ1n) is 17.8. The Morgan fingerprint density at radius 1 is 0.760 bits per heavy atom. The van der Waals surface area contributed by atoms with Crippen LogP contribution in [0, 0.1) is 16.7 Å². The Labute approximate surface area is 298 Å².